The Kier molecular flexibility index (Phi) is 5.03. The average Bonchev–Trinajstić information content (AvgIpc) is 2.40. The van der Waals surface area contributed by atoms with Gasteiger partial charge in [0.2, 0.25) is 0 Å². The zero-order valence-electron chi connectivity index (χ0n) is 12.5. The smallest absolute Gasteiger partial charge is 0.410 e. The molecule has 0 unspecified atom stereocenters. The van der Waals surface area contributed by atoms with Crippen molar-refractivity contribution in [2.24, 2.45) is 0 Å². The van der Waals surface area contributed by atoms with Gasteiger partial charge in [0.25, 0.3) is 0 Å². The fraction of sp³-hybridized carbons (Fsp3) is 0.643. The van der Waals surface area contributed by atoms with E-state index in [1.807, 2.05) is 20.8 Å². The lowest BCUT2D eigenvalue weighted by molar-refractivity contribution is 0.0126. The first-order valence-corrected chi connectivity index (χ1v) is 7.75. The molecule has 1 fully saturated rings. The fourth-order valence-electron chi connectivity index (χ4n) is 2.04. The second-order valence-electron chi connectivity index (χ2n) is 5.97. The molecule has 1 amide bonds. The highest BCUT2D eigenvalue weighted by Gasteiger charge is 2.27. The SMILES string of the molecule is CC(C)(C)OC(=O)N1CCC(Oc2cnc(Br)nc2)CC1. The molecule has 21 heavy (non-hydrogen) atoms. The maximum Gasteiger partial charge on any atom is 0.410 e. The van der Waals surface area contributed by atoms with Crippen molar-refractivity contribution in [1.82, 2.24) is 14.9 Å². The van der Waals surface area contributed by atoms with Gasteiger partial charge in [0.1, 0.15) is 11.7 Å². The van der Waals surface area contributed by atoms with Gasteiger partial charge < -0.3 is 14.4 Å². The van der Waals surface area contributed by atoms with Gasteiger partial charge in [0.05, 0.1) is 12.4 Å². The molecule has 2 rings (SSSR count). The molecule has 0 spiro atoms. The zero-order valence-corrected chi connectivity index (χ0v) is 14.1. The highest BCUT2D eigenvalue weighted by Crippen LogP contribution is 2.20. The van der Waals surface area contributed by atoms with Gasteiger partial charge in [-0.1, -0.05) is 0 Å². The predicted molar refractivity (Wildman–Crippen MR) is 81.2 cm³/mol. The number of halogens is 1. The lowest BCUT2D eigenvalue weighted by atomic mass is 10.1. The lowest BCUT2D eigenvalue weighted by Gasteiger charge is -2.33. The number of likely N-dealkylation sites (tertiary alicyclic amines) is 1. The van der Waals surface area contributed by atoms with E-state index in [1.165, 1.54) is 0 Å². The van der Waals surface area contributed by atoms with E-state index in [-0.39, 0.29) is 12.2 Å². The first-order chi connectivity index (χ1) is 9.83. The van der Waals surface area contributed by atoms with Gasteiger partial charge in [0.15, 0.2) is 10.5 Å². The van der Waals surface area contributed by atoms with E-state index in [2.05, 4.69) is 25.9 Å². The third kappa shape index (κ3) is 5.15. The molecule has 0 N–H and O–H groups in total. The Balaban J connectivity index is 1.80. The van der Waals surface area contributed by atoms with Crippen molar-refractivity contribution in [1.29, 1.82) is 0 Å². The summed E-state index contributed by atoms with van der Waals surface area (Å²) in [7, 11) is 0. The molecule has 7 heteroatoms. The molecule has 0 saturated carbocycles. The van der Waals surface area contributed by atoms with E-state index < -0.39 is 5.60 Å². The van der Waals surface area contributed by atoms with E-state index in [0.29, 0.717) is 23.6 Å². The van der Waals surface area contributed by atoms with Crippen LogP contribution < -0.4 is 4.74 Å². The minimum absolute atomic E-state index is 0.0773. The largest absolute Gasteiger partial charge is 0.487 e. The molecule has 0 radical (unpaired) electrons. The van der Waals surface area contributed by atoms with Crippen molar-refractivity contribution < 1.29 is 14.3 Å². The normalized spacial score (nSPS) is 16.7. The summed E-state index contributed by atoms with van der Waals surface area (Å²) >= 11 is 3.18. The van der Waals surface area contributed by atoms with E-state index >= 15 is 0 Å². The summed E-state index contributed by atoms with van der Waals surface area (Å²) in [6.07, 6.45) is 4.64. The molecule has 6 nitrogen and oxygen atoms in total. The Bertz CT molecular complexity index is 479. The number of carbonyl (C=O) groups is 1. The monoisotopic (exact) mass is 357 g/mol. The molecule has 116 valence electrons. The van der Waals surface area contributed by atoms with Crippen LogP contribution in [0, 0.1) is 0 Å². The maximum absolute atomic E-state index is 12.0. The number of rotatable bonds is 2. The van der Waals surface area contributed by atoms with Crippen LogP contribution in [0.5, 0.6) is 5.75 Å². The van der Waals surface area contributed by atoms with Crippen LogP contribution in [0.15, 0.2) is 17.1 Å². The number of hydrogen-bond acceptors (Lipinski definition) is 5. The Morgan fingerprint density at radius 2 is 1.86 bits per heavy atom. The van der Waals surface area contributed by atoms with Crippen molar-refractivity contribution >= 4 is 22.0 Å². The zero-order chi connectivity index (χ0) is 15.5. The molecule has 1 aliphatic rings. The molecule has 1 aromatic rings. The first-order valence-electron chi connectivity index (χ1n) is 6.95. The van der Waals surface area contributed by atoms with Crippen LogP contribution in [-0.4, -0.2) is 45.8 Å². The topological polar surface area (TPSA) is 64.5 Å². The van der Waals surface area contributed by atoms with E-state index in [4.69, 9.17) is 9.47 Å². The van der Waals surface area contributed by atoms with Crippen molar-refractivity contribution in [3.05, 3.63) is 17.1 Å². The summed E-state index contributed by atoms with van der Waals surface area (Å²) in [4.78, 5) is 21.7. The Morgan fingerprint density at radius 1 is 1.29 bits per heavy atom. The first kappa shape index (κ1) is 16.0. The standard InChI is InChI=1S/C14H20BrN3O3/c1-14(2,3)21-13(19)18-6-4-10(5-7-18)20-11-8-16-12(15)17-9-11/h8-10H,4-7H2,1-3H3. The van der Waals surface area contributed by atoms with Crippen LogP contribution in [0.2, 0.25) is 0 Å². The highest BCUT2D eigenvalue weighted by atomic mass is 79.9. The number of amides is 1. The number of nitrogens with zero attached hydrogens (tertiary/aromatic N) is 3. The molecule has 0 aliphatic carbocycles. The molecule has 2 heterocycles. The predicted octanol–water partition coefficient (Wildman–Crippen LogP) is 3.02. The summed E-state index contributed by atoms with van der Waals surface area (Å²) in [6.45, 7) is 6.88. The molecule has 0 aromatic carbocycles. The van der Waals surface area contributed by atoms with Gasteiger partial charge in [-0.2, -0.15) is 0 Å². The molecular formula is C14H20BrN3O3. The molecule has 1 aromatic heterocycles. The van der Waals surface area contributed by atoms with Gasteiger partial charge in [-0.15, -0.1) is 0 Å². The second-order valence-corrected chi connectivity index (χ2v) is 6.68. The molecule has 0 bridgehead atoms. The van der Waals surface area contributed by atoms with Crippen LogP contribution in [0.1, 0.15) is 33.6 Å². The van der Waals surface area contributed by atoms with Crippen molar-refractivity contribution in [3.8, 4) is 5.75 Å². The number of aromatic nitrogens is 2. The third-order valence-corrected chi connectivity index (χ3v) is 3.40. The lowest BCUT2D eigenvalue weighted by Crippen LogP contribution is -2.44. The average molecular weight is 358 g/mol. The van der Waals surface area contributed by atoms with Gasteiger partial charge >= 0.3 is 6.09 Å². The molecular weight excluding hydrogens is 338 g/mol. The van der Waals surface area contributed by atoms with Gasteiger partial charge in [-0.05, 0) is 36.7 Å². The highest BCUT2D eigenvalue weighted by molar-refractivity contribution is 9.10. The van der Waals surface area contributed by atoms with Crippen LogP contribution in [0.25, 0.3) is 0 Å². The van der Waals surface area contributed by atoms with E-state index in [9.17, 15) is 4.79 Å². The summed E-state index contributed by atoms with van der Waals surface area (Å²) in [6, 6.07) is 0. The van der Waals surface area contributed by atoms with Gasteiger partial charge in [0, 0.05) is 25.9 Å². The van der Waals surface area contributed by atoms with E-state index in [0.717, 1.165) is 12.8 Å². The Labute approximate surface area is 133 Å². The van der Waals surface area contributed by atoms with Crippen LogP contribution >= 0.6 is 15.9 Å². The minimum Gasteiger partial charge on any atom is -0.487 e. The number of hydrogen-bond donors (Lipinski definition) is 0. The quantitative estimate of drug-likeness (QED) is 0.761. The summed E-state index contributed by atoms with van der Waals surface area (Å²) in [5.74, 6) is 0.647. The Hall–Kier alpha value is -1.37. The van der Waals surface area contributed by atoms with Crippen LogP contribution in [0.4, 0.5) is 4.79 Å². The number of ether oxygens (including phenoxy) is 2. The summed E-state index contributed by atoms with van der Waals surface area (Å²) in [5, 5.41) is 0. The number of carbonyl (C=O) groups excluding carboxylic acids is 1. The van der Waals surface area contributed by atoms with Crippen molar-refractivity contribution in [2.45, 2.75) is 45.3 Å². The molecule has 0 atom stereocenters. The Morgan fingerprint density at radius 3 is 2.38 bits per heavy atom. The molecule has 1 aliphatic heterocycles. The van der Waals surface area contributed by atoms with Crippen LogP contribution in [0.3, 0.4) is 0 Å². The minimum atomic E-state index is -0.459. The summed E-state index contributed by atoms with van der Waals surface area (Å²) < 4.78 is 11.7. The van der Waals surface area contributed by atoms with Crippen molar-refractivity contribution in [2.75, 3.05) is 13.1 Å². The third-order valence-electron chi connectivity index (χ3n) is 2.99. The van der Waals surface area contributed by atoms with Crippen molar-refractivity contribution in [3.63, 3.8) is 0 Å². The van der Waals surface area contributed by atoms with Gasteiger partial charge in [-0.25, -0.2) is 14.8 Å². The molecule has 1 saturated heterocycles. The van der Waals surface area contributed by atoms with Crippen LogP contribution in [-0.2, 0) is 4.74 Å². The van der Waals surface area contributed by atoms with Gasteiger partial charge in [-0.3, -0.25) is 0 Å². The fourth-order valence-corrected chi connectivity index (χ4v) is 2.24. The van der Waals surface area contributed by atoms with E-state index in [1.54, 1.807) is 17.3 Å². The summed E-state index contributed by atoms with van der Waals surface area (Å²) in [5.41, 5.74) is -0.459. The maximum atomic E-state index is 12.0. The second kappa shape index (κ2) is 6.60. The number of piperidine rings is 1.